The van der Waals surface area contributed by atoms with Crippen LogP contribution in [-0.4, -0.2) is 20.1 Å². The Morgan fingerprint density at radius 3 is 1.81 bits per heavy atom. The number of rotatable bonds is 3. The van der Waals surface area contributed by atoms with Gasteiger partial charge in [0.25, 0.3) is 0 Å². The zero-order valence-corrected chi connectivity index (χ0v) is 20.1. The summed E-state index contributed by atoms with van der Waals surface area (Å²) < 4.78 is 79.0. The number of anilines is 3. The summed E-state index contributed by atoms with van der Waals surface area (Å²) in [7, 11) is 3.98. The van der Waals surface area contributed by atoms with Crippen molar-refractivity contribution in [3.8, 4) is 0 Å². The molecule has 196 valence electrons. The van der Waals surface area contributed by atoms with E-state index in [-0.39, 0.29) is 6.07 Å². The number of carbonyl (C=O) groups is 1. The van der Waals surface area contributed by atoms with Crippen molar-refractivity contribution in [3.05, 3.63) is 88.0 Å². The van der Waals surface area contributed by atoms with Gasteiger partial charge in [-0.05, 0) is 78.3 Å². The normalized spacial score (nSPS) is 13.6. The fourth-order valence-electron chi connectivity index (χ4n) is 4.38. The first-order chi connectivity index (χ1) is 17.3. The molecule has 37 heavy (non-hydrogen) atoms. The molecule has 3 aromatic rings. The number of nitrogens with one attached hydrogen (secondary N) is 2. The maximum absolute atomic E-state index is 13.2. The molecule has 0 saturated heterocycles. The van der Waals surface area contributed by atoms with Gasteiger partial charge in [0.2, 0.25) is 0 Å². The minimum atomic E-state index is -5.01. The second-order valence-corrected chi connectivity index (χ2v) is 9.22. The van der Waals surface area contributed by atoms with Crippen LogP contribution in [-0.2, 0) is 38.0 Å². The van der Waals surface area contributed by atoms with E-state index < -0.39 is 35.2 Å². The molecular formula is C27H25F6N3O. The van der Waals surface area contributed by atoms with Gasteiger partial charge in [-0.1, -0.05) is 24.3 Å². The predicted octanol–water partition coefficient (Wildman–Crippen LogP) is 7.32. The number of hydrogen-bond acceptors (Lipinski definition) is 2. The first-order valence-electron chi connectivity index (χ1n) is 11.6. The molecule has 2 amide bonds. The van der Waals surface area contributed by atoms with Gasteiger partial charge >= 0.3 is 18.4 Å². The molecule has 0 heterocycles. The van der Waals surface area contributed by atoms with Crippen molar-refractivity contribution in [1.82, 2.24) is 0 Å². The molecule has 0 aliphatic heterocycles. The van der Waals surface area contributed by atoms with Crippen molar-refractivity contribution in [2.75, 3.05) is 29.6 Å². The van der Waals surface area contributed by atoms with Gasteiger partial charge in [0.05, 0.1) is 11.1 Å². The topological polar surface area (TPSA) is 44.4 Å². The molecule has 4 aliphatic carbocycles. The molecule has 0 radical (unpaired) electrons. The van der Waals surface area contributed by atoms with Crippen LogP contribution in [0.15, 0.2) is 54.6 Å². The highest BCUT2D eigenvalue weighted by Gasteiger charge is 2.37. The average Bonchev–Trinajstić information content (AvgIpc) is 2.79. The van der Waals surface area contributed by atoms with E-state index in [9.17, 15) is 31.1 Å². The van der Waals surface area contributed by atoms with Crippen LogP contribution in [0.4, 0.5) is 48.2 Å². The molecule has 0 spiro atoms. The van der Waals surface area contributed by atoms with Crippen molar-refractivity contribution >= 4 is 23.1 Å². The van der Waals surface area contributed by atoms with E-state index in [1.807, 2.05) is 26.2 Å². The molecular weight excluding hydrogens is 496 g/mol. The molecule has 4 nitrogen and oxygen atoms in total. The van der Waals surface area contributed by atoms with E-state index in [1.54, 1.807) is 6.07 Å². The number of carbonyl (C=O) groups excluding carboxylic acids is 1. The van der Waals surface area contributed by atoms with Gasteiger partial charge in [-0.15, -0.1) is 0 Å². The molecule has 2 N–H and O–H groups in total. The summed E-state index contributed by atoms with van der Waals surface area (Å²) in [6.07, 6.45) is -7.33. The predicted molar refractivity (Wildman–Crippen MR) is 131 cm³/mol. The quantitative estimate of drug-likeness (QED) is 0.355. The maximum atomic E-state index is 13.2. The molecule has 0 atom stereocenters. The van der Waals surface area contributed by atoms with Crippen molar-refractivity contribution in [3.63, 3.8) is 0 Å². The SMILES string of the molecule is CN(C)c1cc2ccc1CCc1ccc(c(NC(=O)Nc3cc(C(F)(F)F)cc(C(F)(F)F)c3)c1)CC2. The Morgan fingerprint density at radius 2 is 1.24 bits per heavy atom. The first kappa shape index (κ1) is 26.4. The maximum Gasteiger partial charge on any atom is 0.416 e. The minimum Gasteiger partial charge on any atom is -0.377 e. The number of alkyl halides is 6. The summed E-state index contributed by atoms with van der Waals surface area (Å²) in [5.74, 6) is 0. The van der Waals surface area contributed by atoms with Gasteiger partial charge in [-0.2, -0.15) is 26.3 Å². The first-order valence-corrected chi connectivity index (χ1v) is 11.6. The Morgan fingerprint density at radius 1 is 0.703 bits per heavy atom. The molecule has 10 heteroatoms. The van der Waals surface area contributed by atoms with Crippen LogP contribution < -0.4 is 15.5 Å². The van der Waals surface area contributed by atoms with Gasteiger partial charge in [0.15, 0.2) is 0 Å². The van der Waals surface area contributed by atoms with E-state index >= 15 is 0 Å². The van der Waals surface area contributed by atoms with E-state index in [0.29, 0.717) is 37.1 Å². The van der Waals surface area contributed by atoms with Crippen molar-refractivity contribution in [2.24, 2.45) is 0 Å². The van der Waals surface area contributed by atoms with Crippen molar-refractivity contribution in [2.45, 2.75) is 38.0 Å². The molecule has 0 unspecified atom stereocenters. The molecule has 7 rings (SSSR count). The van der Waals surface area contributed by atoms with Gasteiger partial charge in [0.1, 0.15) is 0 Å². The van der Waals surface area contributed by atoms with Crippen LogP contribution in [0.25, 0.3) is 0 Å². The van der Waals surface area contributed by atoms with Gasteiger partial charge in [-0.3, -0.25) is 0 Å². The molecule has 4 aliphatic rings. The lowest BCUT2D eigenvalue weighted by Gasteiger charge is -2.21. The van der Waals surface area contributed by atoms with Crippen LogP contribution in [0.5, 0.6) is 0 Å². The average molecular weight is 522 g/mol. The van der Waals surface area contributed by atoms with E-state index in [1.165, 1.54) is 5.56 Å². The highest BCUT2D eigenvalue weighted by atomic mass is 19.4. The second-order valence-electron chi connectivity index (χ2n) is 9.22. The zero-order valence-electron chi connectivity index (χ0n) is 20.1. The smallest absolute Gasteiger partial charge is 0.377 e. The Kier molecular flexibility index (Phi) is 7.12. The highest BCUT2D eigenvalue weighted by molar-refractivity contribution is 6.00. The number of urea groups is 1. The van der Waals surface area contributed by atoms with E-state index in [2.05, 4.69) is 33.7 Å². The lowest BCUT2D eigenvalue weighted by Crippen LogP contribution is -2.22. The number of hydrogen-bond donors (Lipinski definition) is 2. The molecule has 4 bridgehead atoms. The Bertz CT molecular complexity index is 1280. The second kappa shape index (κ2) is 9.99. The lowest BCUT2D eigenvalue weighted by atomic mass is 9.94. The standard InChI is InChI=1S/C27H25F6N3O/c1-36(2)24-12-17-4-8-18-7-3-16(5-9-19(24)10-6-17)11-23(18)35-25(37)34-22-14-20(26(28,29)30)13-21(15-22)27(31,32)33/h3,6-7,10-15H,4-5,8-9H2,1-2H3,(H2,34,35,37). The number of aryl methyl sites for hydroxylation is 4. The van der Waals surface area contributed by atoms with Crippen molar-refractivity contribution in [1.29, 1.82) is 0 Å². The summed E-state index contributed by atoms with van der Waals surface area (Å²) in [6, 6.07) is 12.0. The number of benzene rings is 3. The third-order valence-electron chi connectivity index (χ3n) is 6.27. The fourth-order valence-corrected chi connectivity index (χ4v) is 4.38. The number of amides is 2. The Labute approximate surface area is 210 Å². The van der Waals surface area contributed by atoms with E-state index in [4.69, 9.17) is 0 Å². The van der Waals surface area contributed by atoms with Crippen molar-refractivity contribution < 1.29 is 31.1 Å². The lowest BCUT2D eigenvalue weighted by molar-refractivity contribution is -0.143. The molecule has 0 aromatic heterocycles. The summed E-state index contributed by atoms with van der Waals surface area (Å²) in [5.41, 5.74) is 2.01. The van der Waals surface area contributed by atoms with Crippen LogP contribution in [0.1, 0.15) is 33.4 Å². The Hall–Kier alpha value is -3.69. The molecule has 0 saturated carbocycles. The van der Waals surface area contributed by atoms with Crippen LogP contribution in [0.3, 0.4) is 0 Å². The largest absolute Gasteiger partial charge is 0.416 e. The van der Waals surface area contributed by atoms with Crippen LogP contribution >= 0.6 is 0 Å². The third-order valence-corrected chi connectivity index (χ3v) is 6.27. The van der Waals surface area contributed by atoms with Gasteiger partial charge in [-0.25, -0.2) is 4.79 Å². The molecule has 3 aromatic carbocycles. The van der Waals surface area contributed by atoms with Crippen LogP contribution in [0, 0.1) is 0 Å². The van der Waals surface area contributed by atoms with E-state index in [0.717, 1.165) is 28.8 Å². The summed E-state index contributed by atoms with van der Waals surface area (Å²) in [4.78, 5) is 14.8. The third kappa shape index (κ3) is 6.36. The fraction of sp³-hybridized carbons (Fsp3) is 0.296. The summed E-state index contributed by atoms with van der Waals surface area (Å²) >= 11 is 0. The monoisotopic (exact) mass is 521 g/mol. The summed E-state index contributed by atoms with van der Waals surface area (Å²) in [5, 5.41) is 4.75. The number of nitrogens with zero attached hydrogens (tertiary/aromatic N) is 1. The van der Waals surface area contributed by atoms with Crippen LogP contribution in [0.2, 0.25) is 0 Å². The molecule has 0 fully saturated rings. The Balaban J connectivity index is 1.58. The summed E-state index contributed by atoms with van der Waals surface area (Å²) in [6.45, 7) is 0. The highest BCUT2D eigenvalue weighted by Crippen LogP contribution is 2.37. The van der Waals surface area contributed by atoms with Gasteiger partial charge in [0, 0.05) is 31.2 Å². The van der Waals surface area contributed by atoms with Gasteiger partial charge < -0.3 is 15.5 Å². The minimum absolute atomic E-state index is 0.0166. The zero-order chi connectivity index (χ0) is 27.0. The number of halogens is 6.